The second-order valence-electron chi connectivity index (χ2n) is 3.64. The van der Waals surface area contributed by atoms with Crippen molar-refractivity contribution in [2.45, 2.75) is 18.9 Å². The number of hydrogen-bond donors (Lipinski definition) is 2. The van der Waals surface area contributed by atoms with Crippen LogP contribution in [0, 0.1) is 0 Å². The summed E-state index contributed by atoms with van der Waals surface area (Å²) in [5, 5.41) is 6.39. The van der Waals surface area contributed by atoms with Crippen LogP contribution < -0.4 is 5.73 Å². The zero-order chi connectivity index (χ0) is 9.97. The molecule has 0 unspecified atom stereocenters. The van der Waals surface area contributed by atoms with Crippen molar-refractivity contribution in [1.82, 2.24) is 15.1 Å². The van der Waals surface area contributed by atoms with Crippen molar-refractivity contribution >= 4 is 5.91 Å². The Balaban J connectivity index is 2.04. The van der Waals surface area contributed by atoms with E-state index in [1.807, 2.05) is 0 Å². The van der Waals surface area contributed by atoms with Gasteiger partial charge in [-0.2, -0.15) is 5.10 Å². The van der Waals surface area contributed by atoms with Gasteiger partial charge in [0, 0.05) is 25.3 Å². The second kappa shape index (κ2) is 3.79. The first kappa shape index (κ1) is 9.21. The zero-order valence-electron chi connectivity index (χ0n) is 7.94. The van der Waals surface area contributed by atoms with Gasteiger partial charge in [-0.3, -0.25) is 9.89 Å². The van der Waals surface area contributed by atoms with E-state index in [1.54, 1.807) is 17.3 Å². The third-order valence-electron chi connectivity index (χ3n) is 2.49. The molecule has 0 spiro atoms. The minimum absolute atomic E-state index is 0.0221. The summed E-state index contributed by atoms with van der Waals surface area (Å²) < 4.78 is 0. The summed E-state index contributed by atoms with van der Waals surface area (Å²) in [5.41, 5.74) is 6.41. The SMILES string of the molecule is N[C@H]1CCCN(C(=O)c2cn[nH]c2)C1. The Hall–Kier alpha value is -1.36. The molecule has 1 aliphatic heterocycles. The molecule has 1 atom stereocenters. The van der Waals surface area contributed by atoms with Crippen LogP contribution in [0.15, 0.2) is 12.4 Å². The lowest BCUT2D eigenvalue weighted by Crippen LogP contribution is -2.45. The molecule has 76 valence electrons. The van der Waals surface area contributed by atoms with Gasteiger partial charge in [-0.15, -0.1) is 0 Å². The van der Waals surface area contributed by atoms with Gasteiger partial charge in [0.05, 0.1) is 11.8 Å². The summed E-state index contributed by atoms with van der Waals surface area (Å²) in [5.74, 6) is 0.0221. The number of H-pyrrole nitrogens is 1. The maximum atomic E-state index is 11.8. The zero-order valence-corrected chi connectivity index (χ0v) is 7.94. The monoisotopic (exact) mass is 194 g/mol. The molecule has 3 N–H and O–H groups in total. The van der Waals surface area contributed by atoms with Crippen LogP contribution in [0.5, 0.6) is 0 Å². The highest BCUT2D eigenvalue weighted by Crippen LogP contribution is 2.11. The first-order chi connectivity index (χ1) is 6.77. The third kappa shape index (κ3) is 1.77. The molecule has 0 radical (unpaired) electrons. The highest BCUT2D eigenvalue weighted by Gasteiger charge is 2.22. The summed E-state index contributed by atoms with van der Waals surface area (Å²) in [6, 6.07) is 0.125. The topological polar surface area (TPSA) is 75.0 Å². The van der Waals surface area contributed by atoms with Crippen molar-refractivity contribution in [3.63, 3.8) is 0 Å². The van der Waals surface area contributed by atoms with E-state index in [9.17, 15) is 4.79 Å². The van der Waals surface area contributed by atoms with Crippen molar-refractivity contribution in [3.05, 3.63) is 18.0 Å². The number of likely N-dealkylation sites (tertiary alicyclic amines) is 1. The predicted molar refractivity (Wildman–Crippen MR) is 51.7 cm³/mol. The number of aromatic amines is 1. The van der Waals surface area contributed by atoms with E-state index in [1.165, 1.54) is 0 Å². The molecule has 1 aromatic rings. The second-order valence-corrected chi connectivity index (χ2v) is 3.64. The Bertz CT molecular complexity index is 309. The highest BCUT2D eigenvalue weighted by molar-refractivity contribution is 5.93. The molecule has 2 rings (SSSR count). The van der Waals surface area contributed by atoms with Crippen LogP contribution in [0.4, 0.5) is 0 Å². The van der Waals surface area contributed by atoms with Gasteiger partial charge in [0.2, 0.25) is 0 Å². The van der Waals surface area contributed by atoms with Gasteiger partial charge in [-0.05, 0) is 12.8 Å². The van der Waals surface area contributed by atoms with Gasteiger partial charge in [0.15, 0.2) is 0 Å². The van der Waals surface area contributed by atoms with Gasteiger partial charge in [0.1, 0.15) is 0 Å². The average molecular weight is 194 g/mol. The Labute approximate surface area is 82.3 Å². The molecular formula is C9H14N4O. The van der Waals surface area contributed by atoms with Crippen LogP contribution in [-0.4, -0.2) is 40.1 Å². The number of nitrogens with one attached hydrogen (secondary N) is 1. The average Bonchev–Trinajstić information content (AvgIpc) is 2.69. The number of nitrogens with zero attached hydrogens (tertiary/aromatic N) is 2. The van der Waals surface area contributed by atoms with Crippen LogP contribution in [0.3, 0.4) is 0 Å². The van der Waals surface area contributed by atoms with E-state index in [-0.39, 0.29) is 11.9 Å². The maximum absolute atomic E-state index is 11.8. The van der Waals surface area contributed by atoms with E-state index < -0.39 is 0 Å². The summed E-state index contributed by atoms with van der Waals surface area (Å²) in [6.45, 7) is 1.46. The molecule has 0 aliphatic carbocycles. The molecule has 1 amide bonds. The number of carbonyl (C=O) groups excluding carboxylic acids is 1. The molecule has 2 heterocycles. The van der Waals surface area contributed by atoms with Crippen molar-refractivity contribution in [1.29, 1.82) is 0 Å². The molecule has 0 bridgehead atoms. The van der Waals surface area contributed by atoms with E-state index in [2.05, 4.69) is 10.2 Å². The molecule has 0 saturated carbocycles. The number of amides is 1. The number of hydrogen-bond acceptors (Lipinski definition) is 3. The largest absolute Gasteiger partial charge is 0.337 e. The van der Waals surface area contributed by atoms with Gasteiger partial charge >= 0.3 is 0 Å². The van der Waals surface area contributed by atoms with Crippen molar-refractivity contribution in [3.8, 4) is 0 Å². The fraction of sp³-hybridized carbons (Fsp3) is 0.556. The highest BCUT2D eigenvalue weighted by atomic mass is 16.2. The molecule has 1 saturated heterocycles. The summed E-state index contributed by atoms with van der Waals surface area (Å²) >= 11 is 0. The van der Waals surface area contributed by atoms with Crippen LogP contribution in [-0.2, 0) is 0 Å². The van der Waals surface area contributed by atoms with E-state index in [0.717, 1.165) is 19.4 Å². The van der Waals surface area contributed by atoms with Gasteiger partial charge in [-0.1, -0.05) is 0 Å². The number of aromatic nitrogens is 2. The van der Waals surface area contributed by atoms with Gasteiger partial charge in [0.25, 0.3) is 5.91 Å². The maximum Gasteiger partial charge on any atom is 0.257 e. The standard InChI is InChI=1S/C9H14N4O/c10-8-2-1-3-13(6-8)9(14)7-4-11-12-5-7/h4-5,8H,1-3,6,10H2,(H,11,12)/t8-/m0/s1. The Morgan fingerprint density at radius 1 is 1.71 bits per heavy atom. The molecule has 0 aromatic carbocycles. The summed E-state index contributed by atoms with van der Waals surface area (Å²) in [4.78, 5) is 13.6. The number of nitrogens with two attached hydrogens (primary N) is 1. The van der Waals surface area contributed by atoms with Crippen molar-refractivity contribution in [2.75, 3.05) is 13.1 Å². The molecule has 1 aliphatic rings. The smallest absolute Gasteiger partial charge is 0.257 e. The van der Waals surface area contributed by atoms with E-state index in [4.69, 9.17) is 5.73 Å². The molecule has 5 nitrogen and oxygen atoms in total. The van der Waals surface area contributed by atoms with Crippen LogP contribution in [0.2, 0.25) is 0 Å². The summed E-state index contributed by atoms with van der Waals surface area (Å²) in [6.07, 6.45) is 5.16. The predicted octanol–water partition coefficient (Wildman–Crippen LogP) is -0.0270. The Kier molecular flexibility index (Phi) is 2.49. The molecule has 1 fully saturated rings. The van der Waals surface area contributed by atoms with Gasteiger partial charge in [-0.25, -0.2) is 0 Å². The van der Waals surface area contributed by atoms with Crippen molar-refractivity contribution < 1.29 is 4.79 Å². The van der Waals surface area contributed by atoms with Crippen molar-refractivity contribution in [2.24, 2.45) is 5.73 Å². The van der Waals surface area contributed by atoms with E-state index in [0.29, 0.717) is 12.1 Å². The summed E-state index contributed by atoms with van der Waals surface area (Å²) in [7, 11) is 0. The van der Waals surface area contributed by atoms with Crippen LogP contribution in [0.25, 0.3) is 0 Å². The van der Waals surface area contributed by atoms with Crippen LogP contribution >= 0.6 is 0 Å². The first-order valence-corrected chi connectivity index (χ1v) is 4.81. The fourth-order valence-corrected chi connectivity index (χ4v) is 1.74. The lowest BCUT2D eigenvalue weighted by Gasteiger charge is -2.30. The van der Waals surface area contributed by atoms with Gasteiger partial charge < -0.3 is 10.6 Å². The van der Waals surface area contributed by atoms with Crippen LogP contribution in [0.1, 0.15) is 23.2 Å². The molecule has 14 heavy (non-hydrogen) atoms. The number of carbonyl (C=O) groups is 1. The Morgan fingerprint density at radius 2 is 2.57 bits per heavy atom. The molecular weight excluding hydrogens is 180 g/mol. The fourth-order valence-electron chi connectivity index (χ4n) is 1.74. The normalized spacial score (nSPS) is 22.4. The Morgan fingerprint density at radius 3 is 3.21 bits per heavy atom. The minimum Gasteiger partial charge on any atom is -0.337 e. The first-order valence-electron chi connectivity index (χ1n) is 4.81. The lowest BCUT2D eigenvalue weighted by molar-refractivity contribution is 0.0709. The number of piperidine rings is 1. The van der Waals surface area contributed by atoms with E-state index >= 15 is 0 Å². The number of rotatable bonds is 1. The third-order valence-corrected chi connectivity index (χ3v) is 2.49. The molecule has 5 heteroatoms. The minimum atomic E-state index is 0.0221. The molecule has 1 aromatic heterocycles. The lowest BCUT2D eigenvalue weighted by atomic mass is 10.1. The quantitative estimate of drug-likeness (QED) is 0.659.